The number of aromatic amines is 2. The lowest BCUT2D eigenvalue weighted by molar-refractivity contribution is 0.0998. The van der Waals surface area contributed by atoms with Gasteiger partial charge in [-0.05, 0) is 62.1 Å². The fourth-order valence-electron chi connectivity index (χ4n) is 5.18. The topological polar surface area (TPSA) is 104 Å². The van der Waals surface area contributed by atoms with E-state index in [4.69, 9.17) is 5.73 Å². The third kappa shape index (κ3) is 4.32. The van der Waals surface area contributed by atoms with E-state index < -0.39 is 5.91 Å². The minimum Gasteiger partial charge on any atom is -0.366 e. The first-order chi connectivity index (χ1) is 13.6. The van der Waals surface area contributed by atoms with E-state index >= 15 is 0 Å². The Balaban J connectivity index is 1.43. The molecule has 2 saturated carbocycles. The maximum atomic E-state index is 12.0. The number of primary amides is 1. The molecule has 0 bridgehead atoms. The number of amides is 1. The smallest absolute Gasteiger partial charge is 0.323 e. The summed E-state index contributed by atoms with van der Waals surface area (Å²) < 4.78 is 0. The number of imidazole rings is 1. The van der Waals surface area contributed by atoms with Crippen molar-refractivity contribution in [3.8, 4) is 0 Å². The number of H-pyrrole nitrogens is 2. The first-order valence-electron chi connectivity index (χ1n) is 10.9. The van der Waals surface area contributed by atoms with E-state index in [1.807, 2.05) is 6.07 Å². The molecule has 1 aromatic heterocycles. The van der Waals surface area contributed by atoms with Gasteiger partial charge < -0.3 is 21.0 Å². The predicted octanol–water partition coefficient (Wildman–Crippen LogP) is 3.68. The largest absolute Gasteiger partial charge is 0.366 e. The molecule has 0 saturated heterocycles. The molecule has 0 unspecified atom stereocenters. The van der Waals surface area contributed by atoms with Crippen molar-refractivity contribution in [2.75, 3.05) is 0 Å². The molecule has 2 aromatic rings. The standard InChI is InChI=1S/C22H32N4O2/c23-21(27)18-13-20-19(25-22(28)26-20)12-17(18)14-8-10-16(11-9-14)24-15-6-4-2-1-3-5-7-15/h12-16,24H,1-11H2,(H2,23,27)(H2,25,26,28). The molecule has 152 valence electrons. The Bertz CT molecular complexity index is 868. The average Bonchev–Trinajstić information content (AvgIpc) is 3.02. The van der Waals surface area contributed by atoms with E-state index in [1.165, 1.54) is 44.9 Å². The summed E-state index contributed by atoms with van der Waals surface area (Å²) in [6.45, 7) is 0. The number of fused-ring (bicyclic) bond motifs is 1. The van der Waals surface area contributed by atoms with Crippen LogP contribution in [0.15, 0.2) is 16.9 Å². The second-order valence-corrected chi connectivity index (χ2v) is 8.69. The Morgan fingerprint density at radius 1 is 0.857 bits per heavy atom. The highest BCUT2D eigenvalue weighted by Gasteiger charge is 2.27. The quantitative estimate of drug-likeness (QED) is 0.646. The van der Waals surface area contributed by atoms with Gasteiger partial charge in [0.2, 0.25) is 5.91 Å². The van der Waals surface area contributed by atoms with Gasteiger partial charge in [-0.3, -0.25) is 4.79 Å². The summed E-state index contributed by atoms with van der Waals surface area (Å²) in [6, 6.07) is 4.92. The van der Waals surface area contributed by atoms with Crippen LogP contribution in [0.25, 0.3) is 11.0 Å². The molecule has 0 radical (unpaired) electrons. The van der Waals surface area contributed by atoms with Gasteiger partial charge in [0.1, 0.15) is 0 Å². The van der Waals surface area contributed by atoms with E-state index in [2.05, 4.69) is 15.3 Å². The molecule has 0 aliphatic heterocycles. The lowest BCUT2D eigenvalue weighted by Crippen LogP contribution is -2.40. The summed E-state index contributed by atoms with van der Waals surface area (Å²) in [6.07, 6.45) is 13.8. The SMILES string of the molecule is NC(=O)c1cc2[nH]c(=O)[nH]c2cc1C1CCC(NC2CCCCCCC2)CC1. The van der Waals surface area contributed by atoms with Gasteiger partial charge in [0, 0.05) is 17.6 Å². The second kappa shape index (κ2) is 8.52. The number of nitrogens with one attached hydrogen (secondary N) is 3. The van der Waals surface area contributed by atoms with E-state index in [-0.39, 0.29) is 5.69 Å². The molecular formula is C22H32N4O2. The molecule has 0 spiro atoms. The van der Waals surface area contributed by atoms with Crippen LogP contribution in [0.1, 0.15) is 92.5 Å². The van der Waals surface area contributed by atoms with Crippen LogP contribution in [0.5, 0.6) is 0 Å². The van der Waals surface area contributed by atoms with Crippen molar-refractivity contribution in [3.05, 3.63) is 33.7 Å². The van der Waals surface area contributed by atoms with Gasteiger partial charge in [0.25, 0.3) is 0 Å². The number of carbonyl (C=O) groups is 1. The molecular weight excluding hydrogens is 352 g/mol. The van der Waals surface area contributed by atoms with Crippen LogP contribution in [0.2, 0.25) is 0 Å². The first-order valence-corrected chi connectivity index (χ1v) is 10.9. The molecule has 4 rings (SSSR count). The Morgan fingerprint density at radius 3 is 2.07 bits per heavy atom. The summed E-state index contributed by atoms with van der Waals surface area (Å²) in [4.78, 5) is 29.1. The van der Waals surface area contributed by atoms with Gasteiger partial charge >= 0.3 is 5.69 Å². The van der Waals surface area contributed by atoms with Crippen LogP contribution in [0.4, 0.5) is 0 Å². The van der Waals surface area contributed by atoms with Crippen LogP contribution in [-0.2, 0) is 0 Å². The van der Waals surface area contributed by atoms with Crippen molar-refractivity contribution in [3.63, 3.8) is 0 Å². The molecule has 6 heteroatoms. The van der Waals surface area contributed by atoms with Gasteiger partial charge in [-0.15, -0.1) is 0 Å². The minimum absolute atomic E-state index is 0.255. The summed E-state index contributed by atoms with van der Waals surface area (Å²) in [7, 11) is 0. The van der Waals surface area contributed by atoms with Crippen LogP contribution in [0.3, 0.4) is 0 Å². The maximum Gasteiger partial charge on any atom is 0.323 e. The highest BCUT2D eigenvalue weighted by molar-refractivity contribution is 5.98. The molecule has 1 amide bonds. The average molecular weight is 385 g/mol. The Hall–Kier alpha value is -2.08. The van der Waals surface area contributed by atoms with Gasteiger partial charge in [0.05, 0.1) is 11.0 Å². The van der Waals surface area contributed by atoms with E-state index in [1.54, 1.807) is 6.07 Å². The first kappa shape index (κ1) is 19.2. The van der Waals surface area contributed by atoms with E-state index in [0.29, 0.717) is 29.1 Å². The van der Waals surface area contributed by atoms with E-state index in [0.717, 1.165) is 36.8 Å². The lowest BCUT2D eigenvalue weighted by atomic mass is 9.79. The number of aromatic nitrogens is 2. The molecule has 2 fully saturated rings. The molecule has 2 aliphatic carbocycles. The zero-order valence-electron chi connectivity index (χ0n) is 16.6. The van der Waals surface area contributed by atoms with Gasteiger partial charge in [-0.25, -0.2) is 4.79 Å². The van der Waals surface area contributed by atoms with Crippen LogP contribution in [-0.4, -0.2) is 28.0 Å². The number of hydrogen-bond donors (Lipinski definition) is 4. The third-order valence-corrected chi connectivity index (χ3v) is 6.70. The van der Waals surface area contributed by atoms with Crippen molar-refractivity contribution < 1.29 is 4.79 Å². The monoisotopic (exact) mass is 384 g/mol. The van der Waals surface area contributed by atoms with Gasteiger partial charge in [-0.1, -0.05) is 32.1 Å². The number of benzene rings is 1. The minimum atomic E-state index is -0.422. The van der Waals surface area contributed by atoms with Crippen LogP contribution >= 0.6 is 0 Å². The van der Waals surface area contributed by atoms with Crippen molar-refractivity contribution >= 4 is 16.9 Å². The van der Waals surface area contributed by atoms with Crippen molar-refractivity contribution in [1.82, 2.24) is 15.3 Å². The van der Waals surface area contributed by atoms with Crippen molar-refractivity contribution in [1.29, 1.82) is 0 Å². The summed E-state index contributed by atoms with van der Waals surface area (Å²) in [5.41, 5.74) is 8.31. The predicted molar refractivity (Wildman–Crippen MR) is 112 cm³/mol. The number of nitrogens with two attached hydrogens (primary N) is 1. The van der Waals surface area contributed by atoms with Crippen molar-refractivity contribution in [2.45, 2.75) is 88.6 Å². The van der Waals surface area contributed by atoms with Crippen LogP contribution < -0.4 is 16.7 Å². The van der Waals surface area contributed by atoms with Gasteiger partial charge in [0.15, 0.2) is 0 Å². The molecule has 0 atom stereocenters. The molecule has 1 aromatic carbocycles. The fourth-order valence-corrected chi connectivity index (χ4v) is 5.18. The molecule has 28 heavy (non-hydrogen) atoms. The van der Waals surface area contributed by atoms with E-state index in [9.17, 15) is 9.59 Å². The molecule has 1 heterocycles. The van der Waals surface area contributed by atoms with Crippen LogP contribution in [0, 0.1) is 0 Å². The zero-order valence-corrected chi connectivity index (χ0v) is 16.6. The maximum absolute atomic E-state index is 12.0. The number of carbonyl (C=O) groups excluding carboxylic acids is 1. The highest BCUT2D eigenvalue weighted by Crippen LogP contribution is 2.36. The Kier molecular flexibility index (Phi) is 5.85. The number of hydrogen-bond acceptors (Lipinski definition) is 3. The lowest BCUT2D eigenvalue weighted by Gasteiger charge is -2.33. The second-order valence-electron chi connectivity index (χ2n) is 8.69. The summed E-state index contributed by atoms with van der Waals surface area (Å²) >= 11 is 0. The third-order valence-electron chi connectivity index (χ3n) is 6.70. The normalized spacial score (nSPS) is 24.7. The molecule has 2 aliphatic rings. The number of rotatable bonds is 4. The molecule has 6 nitrogen and oxygen atoms in total. The summed E-state index contributed by atoms with van der Waals surface area (Å²) in [5.74, 6) is -0.102. The zero-order chi connectivity index (χ0) is 19.5. The highest BCUT2D eigenvalue weighted by atomic mass is 16.1. The Labute approximate surface area is 165 Å². The van der Waals surface area contributed by atoms with Gasteiger partial charge in [-0.2, -0.15) is 0 Å². The van der Waals surface area contributed by atoms with Crippen molar-refractivity contribution in [2.24, 2.45) is 5.73 Å². The summed E-state index contributed by atoms with van der Waals surface area (Å²) in [5, 5.41) is 3.92. The fraction of sp³-hybridized carbons (Fsp3) is 0.636. The Morgan fingerprint density at radius 2 is 1.43 bits per heavy atom. The molecule has 5 N–H and O–H groups in total.